The maximum atomic E-state index is 11.3. The standard InChI is InChI=1S/C19H25NO2/c1-13(21)22-15-7-6-14-11-18-16-5-3-4-8-19(16,17(14)12-15)9-10-20(18)2/h6-7,12,16,18H,3-5,8-11H2,1-2H3/t16-,18-,19+/m0/s1. The molecule has 1 aromatic carbocycles. The van der Waals surface area contributed by atoms with Gasteiger partial charge in [0.1, 0.15) is 5.75 Å². The molecular formula is C19H25NO2. The van der Waals surface area contributed by atoms with Gasteiger partial charge in [-0.15, -0.1) is 0 Å². The number of likely N-dealkylation sites (N-methyl/N-ethyl adjacent to an activating group) is 1. The monoisotopic (exact) mass is 299 g/mol. The first-order valence-corrected chi connectivity index (χ1v) is 8.62. The van der Waals surface area contributed by atoms with Crippen molar-refractivity contribution in [1.82, 2.24) is 4.90 Å². The van der Waals surface area contributed by atoms with E-state index >= 15 is 0 Å². The van der Waals surface area contributed by atoms with Crippen LogP contribution < -0.4 is 4.74 Å². The van der Waals surface area contributed by atoms with Crippen molar-refractivity contribution in [3.63, 3.8) is 0 Å². The Hall–Kier alpha value is -1.35. The number of likely N-dealkylation sites (tertiary alicyclic amines) is 1. The van der Waals surface area contributed by atoms with Crippen molar-refractivity contribution < 1.29 is 9.53 Å². The molecule has 3 heteroatoms. The zero-order chi connectivity index (χ0) is 15.3. The Morgan fingerprint density at radius 1 is 1.32 bits per heavy atom. The topological polar surface area (TPSA) is 29.5 Å². The Bertz CT molecular complexity index is 611. The van der Waals surface area contributed by atoms with Gasteiger partial charge in [0.2, 0.25) is 0 Å². The minimum atomic E-state index is -0.227. The summed E-state index contributed by atoms with van der Waals surface area (Å²) in [6, 6.07) is 7.04. The first-order chi connectivity index (χ1) is 10.6. The number of esters is 1. The molecule has 0 unspecified atom stereocenters. The number of nitrogens with zero attached hydrogens (tertiary/aromatic N) is 1. The molecule has 0 spiro atoms. The van der Waals surface area contributed by atoms with E-state index in [9.17, 15) is 4.79 Å². The SMILES string of the molecule is CC(=O)Oc1ccc2c(c1)[C@@]13CCCC[C@H]1[C@H](C2)N(C)CC3. The highest BCUT2D eigenvalue weighted by molar-refractivity contribution is 5.69. The molecule has 2 aliphatic carbocycles. The van der Waals surface area contributed by atoms with E-state index < -0.39 is 0 Å². The second-order valence-electron chi connectivity index (χ2n) is 7.42. The summed E-state index contributed by atoms with van der Waals surface area (Å²) in [5.74, 6) is 1.28. The van der Waals surface area contributed by atoms with Gasteiger partial charge in [0, 0.05) is 18.4 Å². The van der Waals surface area contributed by atoms with Gasteiger partial charge in [-0.25, -0.2) is 0 Å². The molecule has 3 atom stereocenters. The minimum Gasteiger partial charge on any atom is -0.427 e. The third-order valence-electron chi connectivity index (χ3n) is 6.35. The van der Waals surface area contributed by atoms with Crippen LogP contribution in [0.5, 0.6) is 5.75 Å². The van der Waals surface area contributed by atoms with Crippen LogP contribution in [0.15, 0.2) is 18.2 Å². The summed E-state index contributed by atoms with van der Waals surface area (Å²) >= 11 is 0. The van der Waals surface area contributed by atoms with Crippen LogP contribution in [0.4, 0.5) is 0 Å². The molecule has 1 saturated carbocycles. The quantitative estimate of drug-likeness (QED) is 0.588. The van der Waals surface area contributed by atoms with E-state index in [2.05, 4.69) is 24.1 Å². The molecule has 0 amide bonds. The zero-order valence-corrected chi connectivity index (χ0v) is 13.6. The summed E-state index contributed by atoms with van der Waals surface area (Å²) in [4.78, 5) is 13.9. The Labute approximate surface area is 132 Å². The van der Waals surface area contributed by atoms with Gasteiger partial charge in [0.15, 0.2) is 0 Å². The van der Waals surface area contributed by atoms with Gasteiger partial charge in [-0.2, -0.15) is 0 Å². The van der Waals surface area contributed by atoms with Crippen molar-refractivity contribution in [2.45, 2.75) is 56.9 Å². The van der Waals surface area contributed by atoms with Gasteiger partial charge in [0.05, 0.1) is 0 Å². The lowest BCUT2D eigenvalue weighted by Crippen LogP contribution is -2.59. The van der Waals surface area contributed by atoms with Crippen molar-refractivity contribution in [3.05, 3.63) is 29.3 Å². The van der Waals surface area contributed by atoms with E-state index in [-0.39, 0.29) is 5.97 Å². The predicted molar refractivity (Wildman–Crippen MR) is 86.1 cm³/mol. The maximum absolute atomic E-state index is 11.3. The van der Waals surface area contributed by atoms with Crippen LogP contribution in [0.2, 0.25) is 0 Å². The molecule has 1 saturated heterocycles. The predicted octanol–water partition coefficient (Wildman–Crippen LogP) is 3.30. The molecule has 3 aliphatic rings. The highest BCUT2D eigenvalue weighted by atomic mass is 16.5. The fourth-order valence-corrected chi connectivity index (χ4v) is 5.41. The van der Waals surface area contributed by atoms with Crippen molar-refractivity contribution in [2.75, 3.05) is 13.6 Å². The summed E-state index contributed by atoms with van der Waals surface area (Å²) in [6.07, 6.45) is 7.77. The van der Waals surface area contributed by atoms with Crippen LogP contribution in [-0.4, -0.2) is 30.5 Å². The molecule has 0 aromatic heterocycles. The summed E-state index contributed by atoms with van der Waals surface area (Å²) < 4.78 is 5.37. The maximum Gasteiger partial charge on any atom is 0.308 e. The minimum absolute atomic E-state index is 0.227. The van der Waals surface area contributed by atoms with Crippen LogP contribution in [0, 0.1) is 5.92 Å². The Morgan fingerprint density at radius 2 is 2.18 bits per heavy atom. The highest BCUT2D eigenvalue weighted by Crippen LogP contribution is 2.55. The molecule has 0 N–H and O–H groups in total. The number of fused-ring (bicyclic) bond motifs is 1. The largest absolute Gasteiger partial charge is 0.427 e. The van der Waals surface area contributed by atoms with Crippen LogP contribution in [0.3, 0.4) is 0 Å². The number of carbonyl (C=O) groups is 1. The Balaban J connectivity index is 1.82. The molecule has 1 aliphatic heterocycles. The van der Waals surface area contributed by atoms with Gasteiger partial charge >= 0.3 is 5.97 Å². The summed E-state index contributed by atoms with van der Waals surface area (Å²) in [7, 11) is 2.29. The molecule has 1 aromatic rings. The molecule has 22 heavy (non-hydrogen) atoms. The summed E-state index contributed by atoms with van der Waals surface area (Å²) in [5.41, 5.74) is 3.30. The number of hydrogen-bond donors (Lipinski definition) is 0. The molecule has 2 fully saturated rings. The lowest BCUT2D eigenvalue weighted by Gasteiger charge is -2.58. The second kappa shape index (κ2) is 5.09. The number of hydrogen-bond acceptors (Lipinski definition) is 3. The van der Waals surface area contributed by atoms with Crippen molar-refractivity contribution in [2.24, 2.45) is 5.92 Å². The van der Waals surface area contributed by atoms with E-state index in [0.717, 1.165) is 18.1 Å². The Morgan fingerprint density at radius 3 is 3.00 bits per heavy atom. The fraction of sp³-hybridized carbons (Fsp3) is 0.632. The number of carbonyl (C=O) groups excluding carboxylic acids is 1. The van der Waals surface area contributed by atoms with Crippen molar-refractivity contribution in [1.29, 1.82) is 0 Å². The molecular weight excluding hydrogens is 274 g/mol. The molecule has 0 radical (unpaired) electrons. The van der Waals surface area contributed by atoms with Crippen molar-refractivity contribution >= 4 is 5.97 Å². The third kappa shape index (κ3) is 2.02. The number of piperidine rings is 1. The second-order valence-corrected chi connectivity index (χ2v) is 7.42. The molecule has 1 heterocycles. The van der Waals surface area contributed by atoms with E-state index in [1.54, 1.807) is 0 Å². The summed E-state index contributed by atoms with van der Waals surface area (Å²) in [6.45, 7) is 2.67. The van der Waals surface area contributed by atoms with Crippen LogP contribution >= 0.6 is 0 Å². The van der Waals surface area contributed by atoms with Crippen LogP contribution in [0.1, 0.15) is 50.2 Å². The van der Waals surface area contributed by atoms with Gasteiger partial charge in [-0.3, -0.25) is 4.79 Å². The zero-order valence-electron chi connectivity index (χ0n) is 13.6. The van der Waals surface area contributed by atoms with Crippen molar-refractivity contribution in [3.8, 4) is 5.75 Å². The van der Waals surface area contributed by atoms with E-state index in [4.69, 9.17) is 4.74 Å². The third-order valence-corrected chi connectivity index (χ3v) is 6.35. The van der Waals surface area contributed by atoms with Gasteiger partial charge in [0.25, 0.3) is 0 Å². The fourth-order valence-electron chi connectivity index (χ4n) is 5.41. The Kier molecular flexibility index (Phi) is 3.30. The van der Waals surface area contributed by atoms with E-state index in [1.807, 2.05) is 6.07 Å². The van der Waals surface area contributed by atoms with E-state index in [1.165, 1.54) is 56.7 Å². The van der Waals surface area contributed by atoms with E-state index in [0.29, 0.717) is 11.5 Å². The lowest BCUT2D eigenvalue weighted by atomic mass is 9.52. The molecule has 4 rings (SSSR count). The molecule has 118 valence electrons. The number of benzene rings is 1. The highest BCUT2D eigenvalue weighted by Gasteiger charge is 2.53. The number of ether oxygens (including phenoxy) is 1. The first-order valence-electron chi connectivity index (χ1n) is 8.62. The van der Waals surface area contributed by atoms with Gasteiger partial charge in [-0.1, -0.05) is 18.9 Å². The van der Waals surface area contributed by atoms with Gasteiger partial charge < -0.3 is 9.64 Å². The van der Waals surface area contributed by atoms with Crippen LogP contribution in [-0.2, 0) is 16.6 Å². The average Bonchev–Trinajstić information content (AvgIpc) is 2.51. The van der Waals surface area contributed by atoms with Crippen LogP contribution in [0.25, 0.3) is 0 Å². The smallest absolute Gasteiger partial charge is 0.308 e. The number of rotatable bonds is 1. The summed E-state index contributed by atoms with van der Waals surface area (Å²) in [5, 5.41) is 0. The first kappa shape index (κ1) is 14.3. The molecule has 2 bridgehead atoms. The average molecular weight is 299 g/mol. The van der Waals surface area contributed by atoms with Gasteiger partial charge in [-0.05, 0) is 68.5 Å². The lowest BCUT2D eigenvalue weighted by molar-refractivity contribution is -0.131. The normalized spacial score (nSPS) is 33.7. The molecule has 3 nitrogen and oxygen atoms in total.